The van der Waals surface area contributed by atoms with Gasteiger partial charge in [-0.25, -0.2) is 13.2 Å². The number of rotatable bonds is 6. The van der Waals surface area contributed by atoms with Gasteiger partial charge in [-0.2, -0.15) is 0 Å². The average Bonchev–Trinajstić information content (AvgIpc) is 2.26. The summed E-state index contributed by atoms with van der Waals surface area (Å²) in [5.74, 6) is -3.08. The van der Waals surface area contributed by atoms with Gasteiger partial charge < -0.3 is 9.84 Å². The van der Waals surface area contributed by atoms with Gasteiger partial charge in [0.1, 0.15) is 0 Å². The summed E-state index contributed by atoms with van der Waals surface area (Å²) in [4.78, 5) is 22.2. The molecule has 0 spiro atoms. The number of carbonyl (C=O) groups is 2. The van der Waals surface area contributed by atoms with Gasteiger partial charge >= 0.3 is 11.9 Å². The zero-order valence-electron chi connectivity index (χ0n) is 10.4. The number of halogens is 1. The highest BCUT2D eigenvalue weighted by molar-refractivity contribution is 9.10. The summed E-state index contributed by atoms with van der Waals surface area (Å²) in [6.45, 7) is 1.61. The molecule has 0 heterocycles. The molecule has 1 rings (SSSR count). The maximum Gasteiger partial charge on any atom is 0.337 e. The van der Waals surface area contributed by atoms with Crippen molar-refractivity contribution in [1.29, 1.82) is 0 Å². The van der Waals surface area contributed by atoms with Gasteiger partial charge in [0.15, 0.2) is 5.75 Å². The third-order valence-corrected chi connectivity index (χ3v) is 3.73. The van der Waals surface area contributed by atoms with E-state index in [1.807, 2.05) is 0 Å². The predicted molar refractivity (Wildman–Crippen MR) is 75.1 cm³/mol. The molecule has 0 fully saturated rings. The first-order valence-corrected chi connectivity index (χ1v) is 7.88. The van der Waals surface area contributed by atoms with E-state index in [4.69, 9.17) is 5.11 Å². The second-order valence-corrected chi connectivity index (χ2v) is 6.30. The van der Waals surface area contributed by atoms with Crippen molar-refractivity contribution in [3.63, 3.8) is 0 Å². The second kappa shape index (κ2) is 6.71. The van der Waals surface area contributed by atoms with Gasteiger partial charge in [-0.1, -0.05) is 15.9 Å². The molecule has 9 heteroatoms. The van der Waals surface area contributed by atoms with E-state index < -0.39 is 27.7 Å². The zero-order chi connectivity index (χ0) is 15.3. The largest absolute Gasteiger partial charge is 0.478 e. The third-order valence-electron chi connectivity index (χ3n) is 2.09. The summed E-state index contributed by atoms with van der Waals surface area (Å²) < 4.78 is 30.6. The molecule has 0 aliphatic rings. The molecule has 0 atom stereocenters. The number of carbonyl (C=O) groups excluding carboxylic acids is 1. The highest BCUT2D eigenvalue weighted by atomic mass is 79.9. The van der Waals surface area contributed by atoms with Crippen LogP contribution in [0.1, 0.15) is 17.3 Å². The number of anilines is 1. The third kappa shape index (κ3) is 4.82. The Balaban J connectivity index is 3.00. The Labute approximate surface area is 124 Å². The number of carboxylic acid groups (broad SMARTS) is 1. The number of aromatic carboxylic acids is 1. The monoisotopic (exact) mass is 365 g/mol. The number of nitrogens with one attached hydrogen (secondary N) is 1. The molecule has 0 aromatic heterocycles. The molecular weight excluding hydrogens is 354 g/mol. The van der Waals surface area contributed by atoms with Crippen molar-refractivity contribution in [3.8, 4) is 0 Å². The van der Waals surface area contributed by atoms with E-state index in [0.29, 0.717) is 4.47 Å². The first-order chi connectivity index (χ1) is 9.25. The smallest absolute Gasteiger partial charge is 0.337 e. The molecule has 2 N–H and O–H groups in total. The van der Waals surface area contributed by atoms with Gasteiger partial charge in [-0.05, 0) is 25.1 Å². The van der Waals surface area contributed by atoms with Gasteiger partial charge in [-0.15, -0.1) is 0 Å². The molecule has 0 unspecified atom stereocenters. The van der Waals surface area contributed by atoms with Crippen molar-refractivity contribution >= 4 is 43.6 Å². The quantitative estimate of drug-likeness (QED) is 0.738. The minimum atomic E-state index is -4.04. The lowest BCUT2D eigenvalue weighted by atomic mass is 10.2. The summed E-state index contributed by atoms with van der Waals surface area (Å²) in [6.07, 6.45) is 0. The van der Waals surface area contributed by atoms with Crippen LogP contribution in [-0.2, 0) is 19.6 Å². The van der Waals surface area contributed by atoms with Crippen LogP contribution >= 0.6 is 15.9 Å². The van der Waals surface area contributed by atoms with Crippen LogP contribution in [0.25, 0.3) is 0 Å². The van der Waals surface area contributed by atoms with E-state index >= 15 is 0 Å². The number of hydrogen-bond donors (Lipinski definition) is 2. The normalized spacial score (nSPS) is 10.9. The fourth-order valence-electron chi connectivity index (χ4n) is 1.35. The zero-order valence-corrected chi connectivity index (χ0v) is 12.8. The van der Waals surface area contributed by atoms with Gasteiger partial charge in [0.2, 0.25) is 10.0 Å². The fourth-order valence-corrected chi connectivity index (χ4v) is 2.68. The Kier molecular flexibility index (Phi) is 5.52. The number of hydrogen-bond acceptors (Lipinski definition) is 5. The van der Waals surface area contributed by atoms with Crippen molar-refractivity contribution in [2.24, 2.45) is 0 Å². The minimum absolute atomic E-state index is 0.0611. The molecule has 0 saturated carbocycles. The lowest BCUT2D eigenvalue weighted by molar-refractivity contribution is -0.139. The highest BCUT2D eigenvalue weighted by Crippen LogP contribution is 2.22. The van der Waals surface area contributed by atoms with Crippen LogP contribution < -0.4 is 4.72 Å². The lowest BCUT2D eigenvalue weighted by Crippen LogP contribution is -2.25. The van der Waals surface area contributed by atoms with E-state index in [1.165, 1.54) is 18.2 Å². The van der Waals surface area contributed by atoms with E-state index in [2.05, 4.69) is 25.4 Å². The molecule has 0 bridgehead atoms. The SMILES string of the molecule is CCOC(=O)CS(=O)(=O)Nc1cc(Br)ccc1C(=O)O. The molecule has 0 aliphatic carbocycles. The van der Waals surface area contributed by atoms with Crippen LogP contribution in [0, 0.1) is 0 Å². The van der Waals surface area contributed by atoms with E-state index in [-0.39, 0.29) is 17.9 Å². The fraction of sp³-hybridized carbons (Fsp3) is 0.273. The van der Waals surface area contributed by atoms with Gasteiger partial charge in [0, 0.05) is 4.47 Å². The van der Waals surface area contributed by atoms with Crippen LogP contribution in [-0.4, -0.2) is 37.8 Å². The molecule has 110 valence electrons. The van der Waals surface area contributed by atoms with E-state index in [0.717, 1.165) is 0 Å². The van der Waals surface area contributed by atoms with Crippen molar-refractivity contribution in [3.05, 3.63) is 28.2 Å². The Morgan fingerprint density at radius 1 is 1.40 bits per heavy atom. The number of sulfonamides is 1. The number of benzene rings is 1. The van der Waals surface area contributed by atoms with Crippen molar-refractivity contribution in [1.82, 2.24) is 0 Å². The molecule has 1 aromatic rings. The topological polar surface area (TPSA) is 110 Å². The average molecular weight is 366 g/mol. The Hall–Kier alpha value is -1.61. The van der Waals surface area contributed by atoms with Crippen LogP contribution in [0.3, 0.4) is 0 Å². The summed E-state index contributed by atoms with van der Waals surface area (Å²) in [5, 5.41) is 8.98. The molecule has 1 aromatic carbocycles. The molecule has 0 aliphatic heterocycles. The first-order valence-electron chi connectivity index (χ1n) is 5.44. The Morgan fingerprint density at radius 2 is 2.05 bits per heavy atom. The number of esters is 1. The standard InChI is InChI=1S/C11H12BrNO6S/c1-2-19-10(14)6-20(17,18)13-9-5-7(12)3-4-8(9)11(15)16/h3-5,13H,2,6H2,1H3,(H,15,16). The van der Waals surface area contributed by atoms with Crippen LogP contribution in [0.5, 0.6) is 0 Å². The van der Waals surface area contributed by atoms with Crippen molar-refractivity contribution < 1.29 is 27.9 Å². The Bertz CT molecular complexity index is 628. The van der Waals surface area contributed by atoms with Crippen LogP contribution in [0.2, 0.25) is 0 Å². The molecule has 0 amide bonds. The lowest BCUT2D eigenvalue weighted by Gasteiger charge is -2.10. The van der Waals surface area contributed by atoms with E-state index in [9.17, 15) is 18.0 Å². The summed E-state index contributed by atoms with van der Waals surface area (Å²) in [7, 11) is -4.04. The maximum absolute atomic E-state index is 11.8. The minimum Gasteiger partial charge on any atom is -0.478 e. The number of ether oxygens (including phenoxy) is 1. The second-order valence-electron chi connectivity index (χ2n) is 3.66. The summed E-state index contributed by atoms with van der Waals surface area (Å²) in [6, 6.07) is 4.01. The van der Waals surface area contributed by atoms with Gasteiger partial charge in [-0.3, -0.25) is 9.52 Å². The molecule has 7 nitrogen and oxygen atoms in total. The Morgan fingerprint density at radius 3 is 2.60 bits per heavy atom. The first kappa shape index (κ1) is 16.4. The van der Waals surface area contributed by atoms with Gasteiger partial charge in [0.25, 0.3) is 0 Å². The predicted octanol–water partition coefficient (Wildman–Crippen LogP) is 1.45. The molecule has 0 saturated heterocycles. The molecule has 20 heavy (non-hydrogen) atoms. The van der Waals surface area contributed by atoms with Crippen molar-refractivity contribution in [2.75, 3.05) is 17.1 Å². The van der Waals surface area contributed by atoms with Gasteiger partial charge in [0.05, 0.1) is 17.9 Å². The summed E-state index contributed by atoms with van der Waals surface area (Å²) >= 11 is 3.11. The van der Waals surface area contributed by atoms with Crippen molar-refractivity contribution in [2.45, 2.75) is 6.92 Å². The molecule has 0 radical (unpaired) electrons. The van der Waals surface area contributed by atoms with Crippen LogP contribution in [0.15, 0.2) is 22.7 Å². The van der Waals surface area contributed by atoms with E-state index in [1.54, 1.807) is 6.92 Å². The maximum atomic E-state index is 11.8. The molecular formula is C11H12BrNO6S. The number of carboxylic acids is 1. The highest BCUT2D eigenvalue weighted by Gasteiger charge is 2.20. The summed E-state index contributed by atoms with van der Waals surface area (Å²) in [5.41, 5.74) is -0.350. The van der Waals surface area contributed by atoms with Crippen LogP contribution in [0.4, 0.5) is 5.69 Å².